The number of imide groups is 1. The molecule has 71 valence electrons. The van der Waals surface area contributed by atoms with Gasteiger partial charge in [-0.1, -0.05) is 36.0 Å². The SMILES string of the molecule is O=C1NC(=O)C(Cc2[c]cccc2)S1. The third kappa shape index (κ3) is 1.96. The molecular formula is C10H8NO2S. The van der Waals surface area contributed by atoms with Crippen molar-refractivity contribution < 1.29 is 9.59 Å². The van der Waals surface area contributed by atoms with E-state index in [-0.39, 0.29) is 16.4 Å². The molecule has 1 unspecified atom stereocenters. The van der Waals surface area contributed by atoms with Gasteiger partial charge in [-0.3, -0.25) is 14.9 Å². The number of carbonyl (C=O) groups excluding carboxylic acids is 2. The minimum absolute atomic E-state index is 0.197. The van der Waals surface area contributed by atoms with E-state index in [9.17, 15) is 9.59 Å². The average Bonchev–Trinajstić information content (AvgIpc) is 2.47. The number of thioether (sulfide) groups is 1. The molecule has 1 aromatic rings. The van der Waals surface area contributed by atoms with E-state index in [2.05, 4.69) is 11.4 Å². The lowest BCUT2D eigenvalue weighted by Crippen LogP contribution is -2.25. The van der Waals surface area contributed by atoms with Gasteiger partial charge in [-0.05, 0) is 18.1 Å². The molecule has 0 bridgehead atoms. The molecule has 0 saturated carbocycles. The third-order valence-corrected chi connectivity index (χ3v) is 2.93. The summed E-state index contributed by atoms with van der Waals surface area (Å²) in [5.41, 5.74) is 0.954. The first-order valence-electron chi connectivity index (χ1n) is 4.23. The molecule has 14 heavy (non-hydrogen) atoms. The van der Waals surface area contributed by atoms with Crippen molar-refractivity contribution in [3.63, 3.8) is 0 Å². The summed E-state index contributed by atoms with van der Waals surface area (Å²) >= 11 is 1.05. The molecule has 1 N–H and O–H groups in total. The first-order valence-corrected chi connectivity index (χ1v) is 5.11. The highest BCUT2D eigenvalue weighted by Gasteiger charge is 2.31. The van der Waals surface area contributed by atoms with Gasteiger partial charge in [0.2, 0.25) is 5.91 Å². The minimum atomic E-state index is -0.291. The van der Waals surface area contributed by atoms with Gasteiger partial charge in [0.25, 0.3) is 5.24 Å². The lowest BCUT2D eigenvalue weighted by molar-refractivity contribution is -0.118. The molecular weight excluding hydrogens is 198 g/mol. The highest BCUT2D eigenvalue weighted by molar-refractivity contribution is 8.15. The van der Waals surface area contributed by atoms with E-state index in [0.717, 1.165) is 17.3 Å². The number of hydrogen-bond acceptors (Lipinski definition) is 3. The molecule has 1 heterocycles. The zero-order valence-corrected chi connectivity index (χ0v) is 8.14. The van der Waals surface area contributed by atoms with E-state index in [1.807, 2.05) is 18.2 Å². The van der Waals surface area contributed by atoms with Crippen molar-refractivity contribution in [1.29, 1.82) is 0 Å². The van der Waals surface area contributed by atoms with Crippen LogP contribution >= 0.6 is 11.8 Å². The van der Waals surface area contributed by atoms with Crippen LogP contribution < -0.4 is 5.32 Å². The van der Waals surface area contributed by atoms with Crippen LogP contribution in [0.3, 0.4) is 0 Å². The summed E-state index contributed by atoms with van der Waals surface area (Å²) in [6.07, 6.45) is 0.559. The fourth-order valence-corrected chi connectivity index (χ4v) is 2.13. The van der Waals surface area contributed by atoms with E-state index in [4.69, 9.17) is 0 Å². The Bertz CT molecular complexity index is 364. The molecule has 1 aliphatic rings. The molecule has 1 saturated heterocycles. The van der Waals surface area contributed by atoms with Crippen LogP contribution in [0.2, 0.25) is 0 Å². The number of hydrogen-bond donors (Lipinski definition) is 1. The summed E-state index contributed by atoms with van der Waals surface area (Å²) in [5, 5.41) is 1.71. The second-order valence-electron chi connectivity index (χ2n) is 2.98. The number of benzene rings is 1. The Labute approximate surface area is 85.9 Å². The summed E-state index contributed by atoms with van der Waals surface area (Å²) in [4.78, 5) is 22.1. The monoisotopic (exact) mass is 206 g/mol. The molecule has 1 fully saturated rings. The Morgan fingerprint density at radius 1 is 1.43 bits per heavy atom. The summed E-state index contributed by atoms with van der Waals surface area (Å²) in [7, 11) is 0. The number of amides is 2. The zero-order valence-electron chi connectivity index (χ0n) is 7.32. The van der Waals surface area contributed by atoms with Gasteiger partial charge in [0.1, 0.15) is 0 Å². The third-order valence-electron chi connectivity index (χ3n) is 1.95. The van der Waals surface area contributed by atoms with Crippen LogP contribution in [-0.4, -0.2) is 16.4 Å². The molecule has 1 atom stereocenters. The zero-order chi connectivity index (χ0) is 9.97. The van der Waals surface area contributed by atoms with Gasteiger partial charge < -0.3 is 0 Å². The van der Waals surface area contributed by atoms with Gasteiger partial charge in [0.05, 0.1) is 5.25 Å². The largest absolute Gasteiger partial charge is 0.286 e. The number of nitrogens with one attached hydrogen (secondary N) is 1. The van der Waals surface area contributed by atoms with Crippen molar-refractivity contribution in [2.75, 3.05) is 0 Å². The molecule has 2 rings (SSSR count). The lowest BCUT2D eigenvalue weighted by Gasteiger charge is -2.03. The molecule has 1 radical (unpaired) electrons. The maximum atomic E-state index is 11.2. The predicted molar refractivity (Wildman–Crippen MR) is 53.9 cm³/mol. The second-order valence-corrected chi connectivity index (χ2v) is 4.15. The minimum Gasteiger partial charge on any atom is -0.286 e. The summed E-state index contributed by atoms with van der Waals surface area (Å²) in [6.45, 7) is 0. The quantitative estimate of drug-likeness (QED) is 0.795. The normalized spacial score (nSPS) is 21.0. The van der Waals surface area contributed by atoms with Gasteiger partial charge in [-0.15, -0.1) is 0 Å². The van der Waals surface area contributed by atoms with Crippen LogP contribution in [0.25, 0.3) is 0 Å². The second kappa shape index (κ2) is 3.84. The van der Waals surface area contributed by atoms with Crippen LogP contribution in [0.4, 0.5) is 4.79 Å². The molecule has 1 aromatic carbocycles. The maximum Gasteiger partial charge on any atom is 0.286 e. The number of carbonyl (C=O) groups is 2. The molecule has 0 aliphatic carbocycles. The van der Waals surface area contributed by atoms with E-state index < -0.39 is 0 Å². The van der Waals surface area contributed by atoms with Crippen LogP contribution in [0.5, 0.6) is 0 Å². The highest BCUT2D eigenvalue weighted by atomic mass is 32.2. The summed E-state index contributed by atoms with van der Waals surface area (Å²) in [5.74, 6) is -0.197. The molecule has 0 spiro atoms. The van der Waals surface area contributed by atoms with Crippen LogP contribution in [0.15, 0.2) is 24.3 Å². The van der Waals surface area contributed by atoms with Crippen molar-refractivity contribution in [2.45, 2.75) is 11.7 Å². The Hall–Kier alpha value is -1.29. The molecule has 2 amide bonds. The Morgan fingerprint density at radius 3 is 2.86 bits per heavy atom. The first kappa shape index (κ1) is 9.27. The van der Waals surface area contributed by atoms with Gasteiger partial charge >= 0.3 is 0 Å². The summed E-state index contributed by atoms with van der Waals surface area (Å²) in [6, 6.07) is 10.5. The highest BCUT2D eigenvalue weighted by Crippen LogP contribution is 2.22. The van der Waals surface area contributed by atoms with Gasteiger partial charge in [-0.25, -0.2) is 0 Å². The van der Waals surface area contributed by atoms with Crippen LogP contribution in [0, 0.1) is 6.07 Å². The number of rotatable bonds is 2. The van der Waals surface area contributed by atoms with Crippen molar-refractivity contribution in [3.05, 3.63) is 35.9 Å². The molecule has 4 heteroatoms. The fourth-order valence-electron chi connectivity index (χ4n) is 1.28. The molecule has 0 aromatic heterocycles. The van der Waals surface area contributed by atoms with E-state index in [1.165, 1.54) is 0 Å². The van der Waals surface area contributed by atoms with Crippen LogP contribution in [0.1, 0.15) is 5.56 Å². The van der Waals surface area contributed by atoms with Crippen LogP contribution in [-0.2, 0) is 11.2 Å². The Balaban J connectivity index is 2.05. The predicted octanol–water partition coefficient (Wildman–Crippen LogP) is 1.38. The topological polar surface area (TPSA) is 46.2 Å². The van der Waals surface area contributed by atoms with Crippen molar-refractivity contribution >= 4 is 22.9 Å². The van der Waals surface area contributed by atoms with Crippen molar-refractivity contribution in [3.8, 4) is 0 Å². The van der Waals surface area contributed by atoms with E-state index in [0.29, 0.717) is 6.42 Å². The summed E-state index contributed by atoms with van der Waals surface area (Å²) < 4.78 is 0. The lowest BCUT2D eigenvalue weighted by atomic mass is 10.1. The van der Waals surface area contributed by atoms with E-state index in [1.54, 1.807) is 6.07 Å². The first-order chi connectivity index (χ1) is 6.75. The fraction of sp³-hybridized carbons (Fsp3) is 0.200. The Kier molecular flexibility index (Phi) is 2.54. The standard InChI is InChI=1S/C10H8NO2S/c12-9-8(14-10(13)11-9)6-7-4-2-1-3-5-7/h1-4,8H,6H2,(H,11,12,13). The smallest absolute Gasteiger partial charge is 0.286 e. The van der Waals surface area contributed by atoms with Crippen molar-refractivity contribution in [2.24, 2.45) is 0 Å². The van der Waals surface area contributed by atoms with E-state index >= 15 is 0 Å². The van der Waals surface area contributed by atoms with Gasteiger partial charge in [0.15, 0.2) is 0 Å². The van der Waals surface area contributed by atoms with Crippen molar-refractivity contribution in [1.82, 2.24) is 5.32 Å². The Morgan fingerprint density at radius 2 is 2.29 bits per heavy atom. The molecule has 3 nitrogen and oxygen atoms in total. The average molecular weight is 206 g/mol. The van der Waals surface area contributed by atoms with Gasteiger partial charge in [-0.2, -0.15) is 0 Å². The van der Waals surface area contributed by atoms with Gasteiger partial charge in [0, 0.05) is 0 Å². The molecule has 1 aliphatic heterocycles. The maximum absolute atomic E-state index is 11.2.